The summed E-state index contributed by atoms with van der Waals surface area (Å²) in [6.07, 6.45) is 2.40. The monoisotopic (exact) mass is 376 g/mol. The van der Waals surface area contributed by atoms with Crippen LogP contribution in [0, 0.1) is 8.99 Å². The summed E-state index contributed by atoms with van der Waals surface area (Å²) in [5.41, 5.74) is 1.39. The van der Waals surface area contributed by atoms with Gasteiger partial charge in [-0.3, -0.25) is 0 Å². The van der Waals surface area contributed by atoms with Crippen LogP contribution in [0.4, 0.5) is 0 Å². The van der Waals surface area contributed by atoms with E-state index in [2.05, 4.69) is 53.8 Å². The molecule has 0 aromatic heterocycles. The summed E-state index contributed by atoms with van der Waals surface area (Å²) < 4.78 is 13.4. The lowest BCUT2D eigenvalue weighted by atomic mass is 9.86. The number of hydrogen-bond acceptors (Lipinski definition) is 3. The van der Waals surface area contributed by atoms with Crippen molar-refractivity contribution < 1.29 is 9.47 Å². The zero-order valence-electron chi connectivity index (χ0n) is 10.4. The smallest absolute Gasteiger partial charge is 0.245 e. The first-order valence-corrected chi connectivity index (χ1v) is 8.42. The molecular formula is C14H17IO2S. The highest BCUT2D eigenvalue weighted by Crippen LogP contribution is 2.53. The summed E-state index contributed by atoms with van der Waals surface area (Å²) in [6, 6.07) is 8.46. The lowest BCUT2D eigenvalue weighted by molar-refractivity contribution is -0.266. The second kappa shape index (κ2) is 4.96. The molecule has 3 fully saturated rings. The molecule has 0 spiro atoms. The van der Waals surface area contributed by atoms with Crippen LogP contribution in [-0.4, -0.2) is 19.0 Å². The molecule has 1 aromatic rings. The van der Waals surface area contributed by atoms with E-state index in [4.69, 9.17) is 9.47 Å². The molecule has 2 bridgehead atoms. The van der Waals surface area contributed by atoms with E-state index in [-0.39, 0.29) is 5.41 Å². The van der Waals surface area contributed by atoms with Crippen LogP contribution in [0.5, 0.6) is 0 Å². The van der Waals surface area contributed by atoms with E-state index >= 15 is 0 Å². The summed E-state index contributed by atoms with van der Waals surface area (Å²) in [5, 5.41) is -0.542. The predicted molar refractivity (Wildman–Crippen MR) is 82.5 cm³/mol. The molecule has 98 valence electrons. The minimum absolute atomic E-state index is 0.254. The Morgan fingerprint density at radius 2 is 1.89 bits per heavy atom. The van der Waals surface area contributed by atoms with E-state index in [0.29, 0.717) is 0 Å². The average molecular weight is 376 g/mol. The van der Waals surface area contributed by atoms with Crippen LogP contribution in [-0.2, 0) is 14.6 Å². The van der Waals surface area contributed by atoms with Crippen molar-refractivity contribution in [3.05, 3.63) is 33.4 Å². The number of ether oxygens (including phenoxy) is 2. The van der Waals surface area contributed by atoms with E-state index in [1.54, 1.807) is 0 Å². The lowest BCUT2D eigenvalue weighted by Gasteiger charge is -2.52. The number of thioether (sulfide) groups is 1. The van der Waals surface area contributed by atoms with E-state index in [1.807, 2.05) is 11.8 Å². The highest BCUT2D eigenvalue weighted by molar-refractivity contribution is 14.1. The van der Waals surface area contributed by atoms with E-state index in [0.717, 1.165) is 24.5 Å². The van der Waals surface area contributed by atoms with Gasteiger partial charge in [0.2, 0.25) is 5.12 Å². The third kappa shape index (κ3) is 2.21. The number of halogens is 1. The first kappa shape index (κ1) is 13.2. The van der Waals surface area contributed by atoms with E-state index in [9.17, 15) is 0 Å². The van der Waals surface area contributed by atoms with Gasteiger partial charge < -0.3 is 9.47 Å². The van der Waals surface area contributed by atoms with Gasteiger partial charge in [0.15, 0.2) is 0 Å². The number of benzene rings is 1. The minimum Gasteiger partial charge on any atom is -0.337 e. The van der Waals surface area contributed by atoms with Crippen molar-refractivity contribution >= 4 is 34.4 Å². The minimum atomic E-state index is -0.542. The molecule has 0 amide bonds. The summed E-state index contributed by atoms with van der Waals surface area (Å²) >= 11 is 4.13. The molecule has 18 heavy (non-hydrogen) atoms. The van der Waals surface area contributed by atoms with Crippen LogP contribution in [0.3, 0.4) is 0 Å². The molecule has 0 saturated carbocycles. The molecule has 3 aliphatic rings. The molecule has 0 radical (unpaired) electrons. The summed E-state index contributed by atoms with van der Waals surface area (Å²) in [6.45, 7) is 3.90. The van der Waals surface area contributed by atoms with E-state index in [1.165, 1.54) is 16.4 Å². The maximum atomic E-state index is 6.08. The lowest BCUT2D eigenvalue weighted by Crippen LogP contribution is -2.53. The molecular weight excluding hydrogens is 359 g/mol. The summed E-state index contributed by atoms with van der Waals surface area (Å²) in [5.74, 6) is 1.15. The molecule has 0 N–H and O–H groups in total. The highest BCUT2D eigenvalue weighted by Gasteiger charge is 2.52. The SMILES string of the molecule is CCCC12COC(c3ccc(I)cc3)(OC1)SC2. The first-order valence-electron chi connectivity index (χ1n) is 6.36. The fraction of sp³-hybridized carbons (Fsp3) is 0.571. The van der Waals surface area contributed by atoms with Crippen molar-refractivity contribution in [2.75, 3.05) is 19.0 Å². The number of rotatable bonds is 3. The van der Waals surface area contributed by atoms with Crippen LogP contribution < -0.4 is 0 Å². The highest BCUT2D eigenvalue weighted by atomic mass is 127. The van der Waals surface area contributed by atoms with Gasteiger partial charge in [0.1, 0.15) is 0 Å². The summed E-state index contributed by atoms with van der Waals surface area (Å²) in [7, 11) is 0. The van der Waals surface area contributed by atoms with Crippen LogP contribution in [0.25, 0.3) is 0 Å². The van der Waals surface area contributed by atoms with Crippen LogP contribution >= 0.6 is 34.4 Å². The third-order valence-electron chi connectivity index (χ3n) is 3.68. The molecule has 0 unspecified atom stereocenters. The number of hydrogen-bond donors (Lipinski definition) is 0. The first-order chi connectivity index (χ1) is 8.68. The molecule has 1 aromatic carbocycles. The van der Waals surface area contributed by atoms with Crippen molar-refractivity contribution in [1.29, 1.82) is 0 Å². The topological polar surface area (TPSA) is 18.5 Å². The average Bonchev–Trinajstić information content (AvgIpc) is 2.42. The Morgan fingerprint density at radius 3 is 2.39 bits per heavy atom. The molecule has 2 nitrogen and oxygen atoms in total. The van der Waals surface area contributed by atoms with Gasteiger partial charge in [-0.15, -0.1) is 0 Å². The molecule has 0 aliphatic carbocycles. The van der Waals surface area contributed by atoms with Crippen LogP contribution in [0.15, 0.2) is 24.3 Å². The van der Waals surface area contributed by atoms with Crippen LogP contribution in [0.2, 0.25) is 0 Å². The fourth-order valence-electron chi connectivity index (χ4n) is 2.65. The van der Waals surface area contributed by atoms with Gasteiger partial charge >= 0.3 is 0 Å². The van der Waals surface area contributed by atoms with Gasteiger partial charge in [-0.1, -0.05) is 37.2 Å². The van der Waals surface area contributed by atoms with Gasteiger partial charge in [0.25, 0.3) is 0 Å². The standard InChI is InChI=1S/C14H17IO2S/c1-2-7-13-8-16-14(17-9-13,18-10-13)11-3-5-12(15)6-4-11/h3-6H,2,7-10H2,1H3. The van der Waals surface area contributed by atoms with E-state index < -0.39 is 5.12 Å². The van der Waals surface area contributed by atoms with Crippen molar-refractivity contribution in [3.8, 4) is 0 Å². The summed E-state index contributed by atoms with van der Waals surface area (Å²) in [4.78, 5) is 0. The van der Waals surface area contributed by atoms with Crippen molar-refractivity contribution in [1.82, 2.24) is 0 Å². The van der Waals surface area contributed by atoms with Gasteiger partial charge in [-0.25, -0.2) is 0 Å². The predicted octanol–water partition coefficient (Wildman–Crippen LogP) is 3.98. The van der Waals surface area contributed by atoms with Gasteiger partial charge in [-0.05, 0) is 41.1 Å². The maximum Gasteiger partial charge on any atom is 0.245 e. The largest absolute Gasteiger partial charge is 0.337 e. The van der Waals surface area contributed by atoms with Crippen molar-refractivity contribution in [3.63, 3.8) is 0 Å². The zero-order chi connectivity index (χ0) is 12.6. The third-order valence-corrected chi connectivity index (χ3v) is 6.01. The molecule has 3 heterocycles. The Morgan fingerprint density at radius 1 is 1.22 bits per heavy atom. The Hall–Kier alpha value is 0.220. The molecule has 4 rings (SSSR count). The van der Waals surface area contributed by atoms with Crippen molar-refractivity contribution in [2.45, 2.75) is 24.9 Å². The van der Waals surface area contributed by atoms with Gasteiger partial charge in [0, 0.05) is 20.3 Å². The Bertz CT molecular complexity index is 407. The Balaban J connectivity index is 1.82. The maximum absolute atomic E-state index is 6.08. The van der Waals surface area contributed by atoms with Gasteiger partial charge in [-0.2, -0.15) is 0 Å². The fourth-order valence-corrected chi connectivity index (χ4v) is 4.40. The molecule has 4 heteroatoms. The number of fused-ring (bicyclic) bond motifs is 3. The van der Waals surface area contributed by atoms with Gasteiger partial charge in [0.05, 0.1) is 13.2 Å². The molecule has 3 aliphatic heterocycles. The zero-order valence-corrected chi connectivity index (χ0v) is 13.4. The molecule has 3 saturated heterocycles. The normalized spacial score (nSPS) is 34.8. The quantitative estimate of drug-likeness (QED) is 0.744. The van der Waals surface area contributed by atoms with Crippen molar-refractivity contribution in [2.24, 2.45) is 5.41 Å². The second-order valence-electron chi connectivity index (χ2n) is 5.18. The van der Waals surface area contributed by atoms with Crippen LogP contribution in [0.1, 0.15) is 25.3 Å². The Labute approximate surface area is 126 Å². The Kier molecular flexibility index (Phi) is 3.64. The second-order valence-corrected chi connectivity index (χ2v) is 7.54. The molecule has 0 atom stereocenters.